The standard InChI is InChI=1S/C32H20N2OS/c1-35-22-13-10-20(11-14-22)26-18-21-7-3-5-9-24(21)29-30(26)34-17-16-25-28-23-8-4-2-6-19(23)12-15-27(28)36-31(25)32(34)33-29/h2-18H,1H3. The van der Waals surface area contributed by atoms with E-state index in [1.54, 1.807) is 7.11 Å². The molecule has 4 heteroatoms. The molecule has 0 radical (unpaired) electrons. The lowest BCUT2D eigenvalue weighted by atomic mass is 9.99. The van der Waals surface area contributed by atoms with E-state index < -0.39 is 0 Å². The van der Waals surface area contributed by atoms with Crippen molar-refractivity contribution in [2.45, 2.75) is 0 Å². The molecule has 0 amide bonds. The van der Waals surface area contributed by atoms with Gasteiger partial charge < -0.3 is 4.74 Å². The molecule has 0 fully saturated rings. The Kier molecular flexibility index (Phi) is 4.02. The largest absolute Gasteiger partial charge is 0.497 e. The predicted molar refractivity (Wildman–Crippen MR) is 153 cm³/mol. The van der Waals surface area contributed by atoms with Crippen LogP contribution in [0.1, 0.15) is 0 Å². The average molecular weight is 481 g/mol. The zero-order valence-corrected chi connectivity index (χ0v) is 20.3. The molecule has 8 aromatic rings. The van der Waals surface area contributed by atoms with Crippen molar-refractivity contribution in [1.82, 2.24) is 9.38 Å². The zero-order chi connectivity index (χ0) is 23.8. The molecule has 0 atom stereocenters. The van der Waals surface area contributed by atoms with Gasteiger partial charge in [0.05, 0.1) is 22.8 Å². The van der Waals surface area contributed by atoms with Crippen LogP contribution in [0, 0.1) is 0 Å². The van der Waals surface area contributed by atoms with Crippen molar-refractivity contribution in [3.05, 3.63) is 103 Å². The van der Waals surface area contributed by atoms with Crippen molar-refractivity contribution in [3.8, 4) is 16.9 Å². The first-order chi connectivity index (χ1) is 17.8. The number of thiophene rings is 1. The third kappa shape index (κ3) is 2.65. The van der Waals surface area contributed by atoms with Gasteiger partial charge in [-0.2, -0.15) is 0 Å². The van der Waals surface area contributed by atoms with Gasteiger partial charge in [-0.05, 0) is 52.1 Å². The Morgan fingerprint density at radius 1 is 0.750 bits per heavy atom. The van der Waals surface area contributed by atoms with Crippen LogP contribution >= 0.6 is 11.3 Å². The van der Waals surface area contributed by atoms with Gasteiger partial charge in [-0.1, -0.05) is 66.7 Å². The lowest BCUT2D eigenvalue weighted by Crippen LogP contribution is -1.89. The van der Waals surface area contributed by atoms with Crippen molar-refractivity contribution < 1.29 is 4.74 Å². The molecule has 3 heterocycles. The highest BCUT2D eigenvalue weighted by Crippen LogP contribution is 2.42. The number of aromatic nitrogens is 2. The van der Waals surface area contributed by atoms with Crippen molar-refractivity contribution in [2.24, 2.45) is 0 Å². The molecular weight excluding hydrogens is 460 g/mol. The maximum Gasteiger partial charge on any atom is 0.156 e. The lowest BCUT2D eigenvalue weighted by molar-refractivity contribution is 0.415. The normalized spacial score (nSPS) is 12.0. The van der Waals surface area contributed by atoms with Gasteiger partial charge in [0.15, 0.2) is 5.65 Å². The van der Waals surface area contributed by atoms with Crippen molar-refractivity contribution in [3.63, 3.8) is 0 Å². The second kappa shape index (κ2) is 7.30. The number of benzene rings is 5. The molecule has 170 valence electrons. The van der Waals surface area contributed by atoms with E-state index in [1.165, 1.54) is 47.3 Å². The number of imidazole rings is 1. The summed E-state index contributed by atoms with van der Waals surface area (Å²) in [5.41, 5.74) is 5.51. The van der Waals surface area contributed by atoms with Gasteiger partial charge in [0, 0.05) is 32.6 Å². The van der Waals surface area contributed by atoms with Crippen LogP contribution in [-0.4, -0.2) is 16.5 Å². The Morgan fingerprint density at radius 3 is 2.36 bits per heavy atom. The molecule has 0 N–H and O–H groups in total. The Hall–Kier alpha value is -4.41. The van der Waals surface area contributed by atoms with Crippen LogP contribution in [0.4, 0.5) is 0 Å². The summed E-state index contributed by atoms with van der Waals surface area (Å²) in [6, 6.07) is 34.5. The molecule has 0 saturated carbocycles. The highest BCUT2D eigenvalue weighted by atomic mass is 32.1. The lowest BCUT2D eigenvalue weighted by Gasteiger charge is -2.09. The average Bonchev–Trinajstić information content (AvgIpc) is 3.52. The van der Waals surface area contributed by atoms with Crippen LogP contribution in [0.5, 0.6) is 5.75 Å². The topological polar surface area (TPSA) is 26.5 Å². The van der Waals surface area contributed by atoms with Crippen LogP contribution in [-0.2, 0) is 0 Å². The van der Waals surface area contributed by atoms with Crippen LogP contribution in [0.3, 0.4) is 0 Å². The highest BCUT2D eigenvalue weighted by Gasteiger charge is 2.19. The molecule has 3 aromatic heterocycles. The van der Waals surface area contributed by atoms with E-state index in [4.69, 9.17) is 9.72 Å². The van der Waals surface area contributed by atoms with Crippen LogP contribution in [0.15, 0.2) is 103 Å². The van der Waals surface area contributed by atoms with Crippen LogP contribution in [0.25, 0.3) is 69.5 Å². The van der Waals surface area contributed by atoms with Gasteiger partial charge >= 0.3 is 0 Å². The first kappa shape index (κ1) is 19.8. The fourth-order valence-electron chi connectivity index (χ4n) is 5.60. The third-order valence-electron chi connectivity index (χ3n) is 7.29. The van der Waals surface area contributed by atoms with E-state index in [0.29, 0.717) is 0 Å². The molecule has 8 rings (SSSR count). The van der Waals surface area contributed by atoms with E-state index >= 15 is 0 Å². The summed E-state index contributed by atoms with van der Waals surface area (Å²) in [5, 5.41) is 7.52. The second-order valence-corrected chi connectivity index (χ2v) is 10.2. The number of rotatable bonds is 2. The molecule has 0 saturated heterocycles. The molecular formula is C32H20N2OS. The number of hydrogen-bond acceptors (Lipinski definition) is 3. The molecule has 0 aliphatic carbocycles. The number of ether oxygens (including phenoxy) is 1. The van der Waals surface area contributed by atoms with Crippen molar-refractivity contribution >= 4 is 69.7 Å². The minimum Gasteiger partial charge on any atom is -0.497 e. The Bertz CT molecular complexity index is 2130. The van der Waals surface area contributed by atoms with Gasteiger partial charge in [0.25, 0.3) is 0 Å². The van der Waals surface area contributed by atoms with Gasteiger partial charge in [-0.25, -0.2) is 4.98 Å². The second-order valence-electron chi connectivity index (χ2n) is 9.20. The van der Waals surface area contributed by atoms with Crippen LogP contribution < -0.4 is 4.74 Å². The first-order valence-electron chi connectivity index (χ1n) is 12.0. The number of fused-ring (bicyclic) bond motifs is 11. The first-order valence-corrected chi connectivity index (χ1v) is 12.8. The fraction of sp³-hybridized carbons (Fsp3) is 0.0312. The number of nitrogens with zero attached hydrogens (tertiary/aromatic N) is 2. The van der Waals surface area contributed by atoms with E-state index in [0.717, 1.165) is 28.0 Å². The van der Waals surface area contributed by atoms with Gasteiger partial charge in [-0.3, -0.25) is 4.40 Å². The zero-order valence-electron chi connectivity index (χ0n) is 19.5. The monoisotopic (exact) mass is 480 g/mol. The maximum atomic E-state index is 5.41. The van der Waals surface area contributed by atoms with E-state index in [2.05, 4.69) is 95.5 Å². The van der Waals surface area contributed by atoms with E-state index in [9.17, 15) is 0 Å². The minimum atomic E-state index is 0.855. The van der Waals surface area contributed by atoms with E-state index in [1.807, 2.05) is 23.5 Å². The van der Waals surface area contributed by atoms with Gasteiger partial charge in [0.1, 0.15) is 5.75 Å². The smallest absolute Gasteiger partial charge is 0.156 e. The summed E-state index contributed by atoms with van der Waals surface area (Å²) in [5.74, 6) is 0.855. The van der Waals surface area contributed by atoms with Gasteiger partial charge in [-0.15, -0.1) is 11.3 Å². The van der Waals surface area contributed by atoms with Crippen LogP contribution in [0.2, 0.25) is 0 Å². The molecule has 36 heavy (non-hydrogen) atoms. The Labute approximate surface area is 210 Å². The SMILES string of the molecule is COc1ccc(-c2cc3ccccc3c3nc4c5sc6ccc7ccccc7c6c5ccn4c23)cc1. The maximum absolute atomic E-state index is 5.41. The number of methoxy groups -OCH3 is 1. The fourth-order valence-corrected chi connectivity index (χ4v) is 6.80. The number of pyridine rings is 1. The summed E-state index contributed by atoms with van der Waals surface area (Å²) >= 11 is 1.83. The van der Waals surface area contributed by atoms with Gasteiger partial charge in [0.2, 0.25) is 0 Å². The summed E-state index contributed by atoms with van der Waals surface area (Å²) in [6.07, 6.45) is 2.20. The number of hydrogen-bond donors (Lipinski definition) is 0. The Morgan fingerprint density at radius 2 is 1.53 bits per heavy atom. The predicted octanol–water partition coefficient (Wildman–Crippen LogP) is 8.84. The summed E-state index contributed by atoms with van der Waals surface area (Å²) in [6.45, 7) is 0. The van der Waals surface area contributed by atoms with Crippen molar-refractivity contribution in [1.29, 1.82) is 0 Å². The summed E-state index contributed by atoms with van der Waals surface area (Å²) in [7, 11) is 1.70. The molecule has 0 bridgehead atoms. The summed E-state index contributed by atoms with van der Waals surface area (Å²) in [4.78, 5) is 5.32. The molecule has 3 nitrogen and oxygen atoms in total. The molecule has 0 aliphatic heterocycles. The minimum absolute atomic E-state index is 0.855. The molecule has 5 aromatic carbocycles. The van der Waals surface area contributed by atoms with Crippen molar-refractivity contribution in [2.75, 3.05) is 7.11 Å². The highest BCUT2D eigenvalue weighted by molar-refractivity contribution is 7.26. The Balaban J connectivity index is 1.54. The third-order valence-corrected chi connectivity index (χ3v) is 8.46. The van der Waals surface area contributed by atoms with E-state index in [-0.39, 0.29) is 0 Å². The summed E-state index contributed by atoms with van der Waals surface area (Å²) < 4.78 is 10.2. The molecule has 0 unspecified atom stereocenters. The molecule has 0 aliphatic rings. The quantitative estimate of drug-likeness (QED) is 0.247. The molecule has 0 spiro atoms.